The summed E-state index contributed by atoms with van der Waals surface area (Å²) >= 11 is 6.12. The van der Waals surface area contributed by atoms with Crippen LogP contribution in [0.25, 0.3) is 10.9 Å². The van der Waals surface area contributed by atoms with Crippen molar-refractivity contribution in [3.05, 3.63) is 35.5 Å². The number of nitrogens with one attached hydrogen (secondary N) is 1. The zero-order valence-electron chi connectivity index (χ0n) is 22.0. The Balaban J connectivity index is 0.976. The molecule has 1 aromatic carbocycles. The lowest BCUT2D eigenvalue weighted by molar-refractivity contribution is -0.0295. The van der Waals surface area contributed by atoms with Gasteiger partial charge in [0.25, 0.3) is 0 Å². The van der Waals surface area contributed by atoms with Crippen molar-refractivity contribution in [3.63, 3.8) is 0 Å². The molecule has 1 saturated carbocycles. The van der Waals surface area contributed by atoms with Gasteiger partial charge in [-0.25, -0.2) is 10.0 Å². The highest BCUT2D eigenvalue weighted by Crippen LogP contribution is 2.30. The van der Waals surface area contributed by atoms with Crippen LogP contribution in [0.4, 0.5) is 5.69 Å². The topological polar surface area (TPSA) is 37.9 Å². The maximum atomic E-state index is 6.12. The maximum absolute atomic E-state index is 6.12. The highest BCUT2D eigenvalue weighted by atomic mass is 35.5. The average Bonchev–Trinajstić information content (AvgIpc) is 3.74. The van der Waals surface area contributed by atoms with Gasteiger partial charge in [-0.05, 0) is 81.8 Å². The van der Waals surface area contributed by atoms with Crippen molar-refractivity contribution in [3.8, 4) is 0 Å². The van der Waals surface area contributed by atoms with Crippen molar-refractivity contribution in [1.29, 1.82) is 0 Å². The van der Waals surface area contributed by atoms with Gasteiger partial charge in [0.05, 0.1) is 5.52 Å². The van der Waals surface area contributed by atoms with Gasteiger partial charge in [-0.3, -0.25) is 4.98 Å². The molecule has 7 heteroatoms. The van der Waals surface area contributed by atoms with Crippen LogP contribution >= 0.6 is 11.6 Å². The van der Waals surface area contributed by atoms with E-state index in [9.17, 15) is 0 Å². The highest BCUT2D eigenvalue weighted by Gasteiger charge is 2.27. The molecule has 1 aliphatic carbocycles. The van der Waals surface area contributed by atoms with Crippen LogP contribution in [-0.2, 0) is 0 Å². The fraction of sp³-hybridized carbons (Fsp3) is 0.690. The highest BCUT2D eigenvalue weighted by molar-refractivity contribution is 6.31. The van der Waals surface area contributed by atoms with E-state index >= 15 is 0 Å². The number of benzene rings is 1. The van der Waals surface area contributed by atoms with E-state index in [2.05, 4.69) is 42.3 Å². The van der Waals surface area contributed by atoms with E-state index in [0.29, 0.717) is 0 Å². The fourth-order valence-corrected chi connectivity index (χ4v) is 5.96. The molecule has 3 heterocycles. The number of anilines is 1. The number of hydrogen-bond donors (Lipinski definition) is 1. The Morgan fingerprint density at radius 2 is 1.61 bits per heavy atom. The smallest absolute Gasteiger partial charge is 0.0737 e. The minimum absolute atomic E-state index is 0.735. The summed E-state index contributed by atoms with van der Waals surface area (Å²) < 4.78 is 0. The Kier molecular flexibility index (Phi) is 9.73. The zero-order chi connectivity index (χ0) is 24.6. The maximum Gasteiger partial charge on any atom is 0.0737 e. The molecule has 198 valence electrons. The monoisotopic (exact) mass is 512 g/mol. The second kappa shape index (κ2) is 13.4. The van der Waals surface area contributed by atoms with Crippen molar-refractivity contribution in [1.82, 2.24) is 24.8 Å². The lowest BCUT2D eigenvalue weighted by Gasteiger charge is -2.37. The average molecular weight is 513 g/mol. The number of hydrogen-bond acceptors (Lipinski definition) is 6. The first-order chi connectivity index (χ1) is 17.7. The van der Waals surface area contributed by atoms with E-state index in [-0.39, 0.29) is 0 Å². The molecule has 1 aromatic heterocycles. The molecule has 5 rings (SSSR count). The van der Waals surface area contributed by atoms with Crippen molar-refractivity contribution < 1.29 is 0 Å². The third-order valence-corrected chi connectivity index (χ3v) is 8.41. The van der Waals surface area contributed by atoms with Gasteiger partial charge >= 0.3 is 0 Å². The Bertz CT molecular complexity index is 935. The minimum atomic E-state index is 0.735. The van der Waals surface area contributed by atoms with Gasteiger partial charge in [0, 0.05) is 81.2 Å². The van der Waals surface area contributed by atoms with E-state index in [1.165, 1.54) is 110 Å². The lowest BCUT2D eigenvalue weighted by Crippen LogP contribution is -2.48. The van der Waals surface area contributed by atoms with E-state index in [1.807, 2.05) is 18.3 Å². The molecule has 1 N–H and O–H groups in total. The van der Waals surface area contributed by atoms with Gasteiger partial charge in [-0.2, -0.15) is 0 Å². The summed E-state index contributed by atoms with van der Waals surface area (Å²) in [6, 6.07) is 8.00. The third-order valence-electron chi connectivity index (χ3n) is 8.18. The SMILES string of the molecule is Clc1ccc2c(NCCCN3CCN(CCCN(CC4CC4)N4CCCCCC4)CC3)ccnc2c1. The second-order valence-electron chi connectivity index (χ2n) is 11.1. The number of fused-ring (bicyclic) bond motifs is 1. The summed E-state index contributed by atoms with van der Waals surface area (Å²) in [5, 5.41) is 10.9. The number of nitrogens with zero attached hydrogens (tertiary/aromatic N) is 5. The Morgan fingerprint density at radius 1 is 0.889 bits per heavy atom. The molecular formula is C29H45ClN6. The second-order valence-corrected chi connectivity index (χ2v) is 11.5. The van der Waals surface area contributed by atoms with E-state index in [0.717, 1.165) is 40.5 Å². The predicted molar refractivity (Wildman–Crippen MR) is 152 cm³/mol. The molecule has 2 saturated heterocycles. The Labute approximate surface area is 222 Å². The molecule has 3 aliphatic rings. The van der Waals surface area contributed by atoms with Gasteiger partial charge in [0.15, 0.2) is 0 Å². The fourth-order valence-electron chi connectivity index (χ4n) is 5.80. The first-order valence-corrected chi connectivity index (χ1v) is 14.8. The van der Waals surface area contributed by atoms with Gasteiger partial charge in [0.2, 0.25) is 0 Å². The van der Waals surface area contributed by atoms with Crippen molar-refractivity contribution >= 4 is 28.2 Å². The summed E-state index contributed by atoms with van der Waals surface area (Å²) in [6.45, 7) is 13.4. The van der Waals surface area contributed by atoms with Crippen LogP contribution in [0.1, 0.15) is 51.4 Å². The molecule has 0 bridgehead atoms. The summed E-state index contributed by atoms with van der Waals surface area (Å²) in [7, 11) is 0. The molecule has 0 unspecified atom stereocenters. The molecule has 6 nitrogen and oxygen atoms in total. The van der Waals surface area contributed by atoms with Crippen LogP contribution in [0.5, 0.6) is 0 Å². The Morgan fingerprint density at radius 3 is 2.33 bits per heavy atom. The molecule has 2 aliphatic heterocycles. The first-order valence-electron chi connectivity index (χ1n) is 14.5. The van der Waals surface area contributed by atoms with Gasteiger partial charge in [-0.1, -0.05) is 24.4 Å². The van der Waals surface area contributed by atoms with Gasteiger partial charge in [-0.15, -0.1) is 0 Å². The van der Waals surface area contributed by atoms with Crippen LogP contribution in [0.2, 0.25) is 5.02 Å². The van der Waals surface area contributed by atoms with Crippen LogP contribution in [-0.4, -0.2) is 96.8 Å². The van der Waals surface area contributed by atoms with Crippen molar-refractivity contribution in [2.75, 3.05) is 77.3 Å². The number of hydrazine groups is 1. The third kappa shape index (κ3) is 7.78. The van der Waals surface area contributed by atoms with E-state index in [4.69, 9.17) is 11.6 Å². The van der Waals surface area contributed by atoms with Crippen molar-refractivity contribution in [2.45, 2.75) is 51.4 Å². The number of pyridine rings is 1. The Hall–Kier alpha value is -1.44. The summed E-state index contributed by atoms with van der Waals surface area (Å²) in [5.74, 6) is 0.974. The normalized spacial score (nSPS) is 20.7. The quantitative estimate of drug-likeness (QED) is 0.394. The van der Waals surface area contributed by atoms with Gasteiger partial charge < -0.3 is 15.1 Å². The van der Waals surface area contributed by atoms with Crippen molar-refractivity contribution in [2.24, 2.45) is 5.92 Å². The molecule has 0 spiro atoms. The molecular weight excluding hydrogens is 468 g/mol. The largest absolute Gasteiger partial charge is 0.384 e. The summed E-state index contributed by atoms with van der Waals surface area (Å²) in [6.07, 6.45) is 12.8. The lowest BCUT2D eigenvalue weighted by atomic mass is 10.2. The molecule has 0 atom stereocenters. The van der Waals surface area contributed by atoms with Crippen LogP contribution in [0, 0.1) is 5.92 Å². The van der Waals surface area contributed by atoms with Gasteiger partial charge in [0.1, 0.15) is 0 Å². The molecule has 0 amide bonds. The molecule has 36 heavy (non-hydrogen) atoms. The number of piperazine rings is 1. The standard InChI is InChI=1S/C29H45ClN6/c30-26-9-10-27-28(11-13-32-29(27)23-26)31-12-5-14-33-19-21-34(22-20-33)15-6-18-36(24-25-7-8-25)35-16-3-1-2-4-17-35/h9-11,13,23,25H,1-8,12,14-22,24H2,(H,31,32). The van der Waals surface area contributed by atoms with E-state index < -0.39 is 0 Å². The number of halogens is 1. The first kappa shape index (κ1) is 26.2. The number of rotatable bonds is 12. The predicted octanol–water partition coefficient (Wildman–Crippen LogP) is 5.20. The minimum Gasteiger partial charge on any atom is -0.384 e. The van der Waals surface area contributed by atoms with Crippen LogP contribution in [0.3, 0.4) is 0 Å². The summed E-state index contributed by atoms with van der Waals surface area (Å²) in [4.78, 5) is 9.78. The molecule has 2 aromatic rings. The van der Waals surface area contributed by atoms with Crippen LogP contribution in [0.15, 0.2) is 30.5 Å². The molecule has 3 fully saturated rings. The number of aromatic nitrogens is 1. The summed E-state index contributed by atoms with van der Waals surface area (Å²) in [5.41, 5.74) is 2.10. The zero-order valence-corrected chi connectivity index (χ0v) is 22.8. The van der Waals surface area contributed by atoms with E-state index in [1.54, 1.807) is 0 Å². The van der Waals surface area contributed by atoms with Crippen LogP contribution < -0.4 is 5.32 Å². The molecule has 0 radical (unpaired) electrons.